The van der Waals surface area contributed by atoms with Gasteiger partial charge in [-0.2, -0.15) is 0 Å². The molecule has 0 aliphatic carbocycles. The van der Waals surface area contributed by atoms with Gasteiger partial charge in [0.25, 0.3) is 0 Å². The maximum absolute atomic E-state index is 4.95. The minimum Gasteiger partial charge on any atom is -0.299 e. The lowest BCUT2D eigenvalue weighted by molar-refractivity contribution is 0.591. The summed E-state index contributed by atoms with van der Waals surface area (Å²) in [4.78, 5) is 4.95. The first-order valence-electron chi connectivity index (χ1n) is 8.76. The van der Waals surface area contributed by atoms with Gasteiger partial charge in [0.15, 0.2) is 0 Å². The summed E-state index contributed by atoms with van der Waals surface area (Å²) in [6.07, 6.45) is 2.11. The van der Waals surface area contributed by atoms with Crippen molar-refractivity contribution in [3.8, 4) is 0 Å². The van der Waals surface area contributed by atoms with Crippen molar-refractivity contribution in [2.45, 2.75) is 26.2 Å². The van der Waals surface area contributed by atoms with Crippen molar-refractivity contribution < 1.29 is 0 Å². The lowest BCUT2D eigenvalue weighted by atomic mass is 9.85. The Morgan fingerprint density at radius 1 is 0.760 bits per heavy atom. The SMILES string of the molecule is CC(C)(C)c1ccc2c3ccccc3c3nc4ccccn4c3c2c1. The molecule has 5 aromatic rings. The molecule has 0 bridgehead atoms. The summed E-state index contributed by atoms with van der Waals surface area (Å²) in [5, 5.41) is 5.06. The van der Waals surface area contributed by atoms with Crippen molar-refractivity contribution >= 4 is 38.2 Å². The fourth-order valence-electron chi connectivity index (χ4n) is 3.81. The van der Waals surface area contributed by atoms with Gasteiger partial charge in [0.05, 0.1) is 11.0 Å². The minimum absolute atomic E-state index is 0.118. The van der Waals surface area contributed by atoms with Crippen LogP contribution in [0, 0.1) is 0 Å². The second-order valence-corrected chi connectivity index (χ2v) is 7.79. The summed E-state index contributed by atoms with van der Waals surface area (Å²) < 4.78 is 2.22. The minimum atomic E-state index is 0.118. The Labute approximate surface area is 146 Å². The van der Waals surface area contributed by atoms with Gasteiger partial charge in [-0.05, 0) is 39.9 Å². The lowest BCUT2D eigenvalue weighted by Gasteiger charge is -2.20. The molecule has 0 radical (unpaired) electrons. The summed E-state index contributed by atoms with van der Waals surface area (Å²) >= 11 is 0. The number of fused-ring (bicyclic) bond motifs is 8. The molecule has 25 heavy (non-hydrogen) atoms. The topological polar surface area (TPSA) is 17.3 Å². The van der Waals surface area contributed by atoms with E-state index in [9.17, 15) is 0 Å². The van der Waals surface area contributed by atoms with Gasteiger partial charge in [0.2, 0.25) is 0 Å². The quantitative estimate of drug-likeness (QED) is 0.315. The first-order chi connectivity index (χ1) is 12.0. The molecular weight excluding hydrogens is 304 g/mol. The number of hydrogen-bond acceptors (Lipinski definition) is 1. The average Bonchev–Trinajstić information content (AvgIpc) is 3.01. The van der Waals surface area contributed by atoms with E-state index in [0.29, 0.717) is 0 Å². The maximum Gasteiger partial charge on any atom is 0.137 e. The lowest BCUT2D eigenvalue weighted by Crippen LogP contribution is -2.10. The summed E-state index contributed by atoms with van der Waals surface area (Å²) in [5.41, 5.74) is 4.75. The fraction of sp³-hybridized carbons (Fsp3) is 0.174. The Bertz CT molecular complexity index is 1270. The van der Waals surface area contributed by atoms with E-state index in [1.54, 1.807) is 0 Å². The van der Waals surface area contributed by atoms with Crippen LogP contribution in [0.25, 0.3) is 38.2 Å². The average molecular weight is 324 g/mol. The van der Waals surface area contributed by atoms with E-state index >= 15 is 0 Å². The number of nitrogens with zero attached hydrogens (tertiary/aromatic N) is 2. The summed E-state index contributed by atoms with van der Waals surface area (Å²) in [6.45, 7) is 6.79. The Morgan fingerprint density at radius 2 is 1.48 bits per heavy atom. The van der Waals surface area contributed by atoms with Crippen molar-refractivity contribution in [3.05, 3.63) is 72.4 Å². The van der Waals surface area contributed by atoms with Crippen molar-refractivity contribution in [2.75, 3.05) is 0 Å². The summed E-state index contributed by atoms with van der Waals surface area (Å²) in [6, 6.07) is 21.7. The van der Waals surface area contributed by atoms with Crippen molar-refractivity contribution in [2.24, 2.45) is 0 Å². The van der Waals surface area contributed by atoms with Gasteiger partial charge in [-0.15, -0.1) is 0 Å². The normalized spacial score (nSPS) is 12.6. The molecule has 0 saturated heterocycles. The Balaban J connectivity index is 2.11. The molecular formula is C23H20N2. The monoisotopic (exact) mass is 324 g/mol. The molecule has 2 aromatic heterocycles. The molecule has 0 N–H and O–H groups in total. The molecule has 0 aliphatic rings. The van der Waals surface area contributed by atoms with Gasteiger partial charge in [-0.25, -0.2) is 4.98 Å². The molecule has 0 fully saturated rings. The number of pyridine rings is 1. The highest BCUT2D eigenvalue weighted by atomic mass is 15.0. The molecule has 2 heteroatoms. The zero-order chi connectivity index (χ0) is 17.2. The molecule has 2 heterocycles. The van der Waals surface area contributed by atoms with Gasteiger partial charge in [-0.1, -0.05) is 63.2 Å². The number of aromatic nitrogens is 2. The molecule has 0 atom stereocenters. The van der Waals surface area contributed by atoms with Gasteiger partial charge in [0.1, 0.15) is 5.65 Å². The third-order valence-electron chi connectivity index (χ3n) is 5.14. The van der Waals surface area contributed by atoms with Crippen LogP contribution in [0.4, 0.5) is 0 Å². The van der Waals surface area contributed by atoms with Crippen LogP contribution in [-0.2, 0) is 5.41 Å². The second kappa shape index (κ2) is 4.82. The Hall–Kier alpha value is -2.87. The Kier molecular flexibility index (Phi) is 2.79. The fourth-order valence-corrected chi connectivity index (χ4v) is 3.81. The molecule has 3 aromatic carbocycles. The van der Waals surface area contributed by atoms with Crippen LogP contribution in [0.3, 0.4) is 0 Å². The van der Waals surface area contributed by atoms with Crippen LogP contribution < -0.4 is 0 Å². The molecule has 0 saturated carbocycles. The molecule has 2 nitrogen and oxygen atoms in total. The Morgan fingerprint density at radius 3 is 2.28 bits per heavy atom. The van der Waals surface area contributed by atoms with E-state index in [4.69, 9.17) is 4.98 Å². The maximum atomic E-state index is 4.95. The first-order valence-corrected chi connectivity index (χ1v) is 8.76. The number of imidazole rings is 1. The highest BCUT2D eigenvalue weighted by Crippen LogP contribution is 2.37. The van der Waals surface area contributed by atoms with Crippen molar-refractivity contribution in [3.63, 3.8) is 0 Å². The summed E-state index contributed by atoms with van der Waals surface area (Å²) in [5.74, 6) is 0. The third kappa shape index (κ3) is 2.00. The highest BCUT2D eigenvalue weighted by molar-refractivity contribution is 6.24. The van der Waals surface area contributed by atoms with Crippen LogP contribution in [0.1, 0.15) is 26.3 Å². The van der Waals surface area contributed by atoms with Gasteiger partial charge in [-0.3, -0.25) is 4.40 Å². The van der Waals surface area contributed by atoms with Crippen molar-refractivity contribution in [1.29, 1.82) is 0 Å². The van der Waals surface area contributed by atoms with Crippen LogP contribution in [0.5, 0.6) is 0 Å². The van der Waals surface area contributed by atoms with Gasteiger partial charge in [0, 0.05) is 17.0 Å². The highest BCUT2D eigenvalue weighted by Gasteiger charge is 2.18. The largest absolute Gasteiger partial charge is 0.299 e. The molecule has 122 valence electrons. The number of rotatable bonds is 0. The molecule has 5 rings (SSSR count). The van der Waals surface area contributed by atoms with Crippen LogP contribution in [0.2, 0.25) is 0 Å². The van der Waals surface area contributed by atoms with E-state index in [0.717, 1.165) is 11.2 Å². The van der Waals surface area contributed by atoms with E-state index in [-0.39, 0.29) is 5.41 Å². The predicted octanol–water partition coefficient (Wildman–Crippen LogP) is 6.09. The van der Waals surface area contributed by atoms with Crippen molar-refractivity contribution in [1.82, 2.24) is 9.38 Å². The molecule has 0 aliphatic heterocycles. The zero-order valence-corrected chi connectivity index (χ0v) is 14.7. The smallest absolute Gasteiger partial charge is 0.137 e. The third-order valence-corrected chi connectivity index (χ3v) is 5.14. The molecule has 0 spiro atoms. The van der Waals surface area contributed by atoms with Crippen LogP contribution in [0.15, 0.2) is 66.9 Å². The second-order valence-electron chi connectivity index (χ2n) is 7.79. The number of benzene rings is 3. The van der Waals surface area contributed by atoms with E-state index < -0.39 is 0 Å². The predicted molar refractivity (Wildman–Crippen MR) is 106 cm³/mol. The van der Waals surface area contributed by atoms with Crippen LogP contribution in [-0.4, -0.2) is 9.38 Å². The standard InChI is InChI=1S/C23H20N2/c1-23(2,3)15-11-12-17-16-8-4-5-9-18(16)21-22(19(17)14-15)25-13-7-6-10-20(25)24-21/h4-14H,1-3H3. The first kappa shape index (κ1) is 14.5. The zero-order valence-electron chi connectivity index (χ0n) is 14.7. The number of hydrogen-bond donors (Lipinski definition) is 0. The van der Waals surface area contributed by atoms with E-state index in [2.05, 4.69) is 86.0 Å². The molecule has 0 unspecified atom stereocenters. The summed E-state index contributed by atoms with van der Waals surface area (Å²) in [7, 11) is 0. The van der Waals surface area contributed by atoms with E-state index in [1.165, 1.54) is 32.6 Å². The van der Waals surface area contributed by atoms with Gasteiger partial charge < -0.3 is 0 Å². The van der Waals surface area contributed by atoms with Gasteiger partial charge >= 0.3 is 0 Å². The molecule has 0 amide bonds. The van der Waals surface area contributed by atoms with E-state index in [1.807, 2.05) is 6.07 Å². The van der Waals surface area contributed by atoms with Crippen LogP contribution >= 0.6 is 0 Å².